The number of hydrogen-bond acceptors (Lipinski definition) is 2. The Morgan fingerprint density at radius 1 is 0.284 bits per heavy atom. The van der Waals surface area contributed by atoms with Gasteiger partial charge in [-0.05, 0) is 109 Å². The average Bonchev–Trinajstić information content (AvgIpc) is 4.05. The Bertz CT molecular complexity index is 3940. The Labute approximate surface area is 388 Å². The largest absolute Gasteiger partial charge is 0.455 e. The molecule has 14 rings (SSSR count). The van der Waals surface area contributed by atoms with Crippen LogP contribution in [-0.2, 0) is 5.41 Å². The van der Waals surface area contributed by atoms with Crippen LogP contribution >= 0.6 is 0 Å². The Balaban J connectivity index is 1.13. The molecule has 0 spiro atoms. The fraction of sp³-hybridized carbons (Fsp3) is 0.0462. The van der Waals surface area contributed by atoms with Gasteiger partial charge in [0.25, 0.3) is 0 Å². The third-order valence-electron chi connectivity index (χ3n) is 14.7. The van der Waals surface area contributed by atoms with Crippen LogP contribution in [0, 0.1) is 13.8 Å². The van der Waals surface area contributed by atoms with Gasteiger partial charge >= 0.3 is 0 Å². The first-order valence-electron chi connectivity index (χ1n) is 23.2. The normalized spacial score (nSPS) is 13.0. The van der Waals surface area contributed by atoms with Crippen LogP contribution in [0.5, 0.6) is 0 Å². The lowest BCUT2D eigenvalue weighted by molar-refractivity contribution is 0.669. The third kappa shape index (κ3) is 5.33. The number of fused-ring (bicyclic) bond motifs is 11. The predicted molar refractivity (Wildman–Crippen MR) is 279 cm³/mol. The van der Waals surface area contributed by atoms with E-state index >= 15 is 0 Å². The molecular weight excluding hydrogens is 813 g/mol. The summed E-state index contributed by atoms with van der Waals surface area (Å²) in [6.45, 7) is 4.35. The summed E-state index contributed by atoms with van der Waals surface area (Å²) < 4.78 is 13.5. The standard InChI is InChI=1S/C65H42O2/c1-39-30-34-41(35-31-39)65(42-36-32-40(2)33-37-42)57-26-6-3-16-53(57)62-54(25-13-27-58(62)65)61-47-19-9-17-43(49-21-11-23-51-45-14-4-7-28-59(45)66-63(49)51)55(47)38-56-44(18-10-20-48(56)61)50-22-12-24-52-46-15-5-8-29-60(46)67-64(50)52/h3-38H,1-2H3. The molecule has 0 radical (unpaired) electrons. The van der Waals surface area contributed by atoms with Crippen molar-refractivity contribution in [2.24, 2.45) is 0 Å². The van der Waals surface area contributed by atoms with Crippen molar-refractivity contribution in [1.82, 2.24) is 0 Å². The minimum atomic E-state index is -0.548. The summed E-state index contributed by atoms with van der Waals surface area (Å²) in [7, 11) is 0. The molecule has 2 heteroatoms. The fourth-order valence-corrected chi connectivity index (χ4v) is 11.8. The second-order valence-corrected chi connectivity index (χ2v) is 18.4. The van der Waals surface area contributed by atoms with Gasteiger partial charge < -0.3 is 8.83 Å². The molecule has 2 nitrogen and oxygen atoms in total. The number of aryl methyl sites for hydroxylation is 2. The molecule has 11 aromatic carbocycles. The molecule has 1 aliphatic carbocycles. The molecule has 13 aromatic rings. The SMILES string of the molecule is Cc1ccc(C2(c3ccc(C)cc3)c3ccccc3-c3c(-c4c5cccc(-c6cccc7c6oc6ccccc67)c5cc5c(-c6cccc7c6oc6ccccc67)cccc45)cccc32)cc1. The van der Waals surface area contributed by atoms with E-state index in [9.17, 15) is 0 Å². The summed E-state index contributed by atoms with van der Waals surface area (Å²) in [4.78, 5) is 0. The molecule has 0 saturated heterocycles. The molecule has 314 valence electrons. The van der Waals surface area contributed by atoms with E-state index in [-0.39, 0.29) is 0 Å². The Hall–Kier alpha value is -8.46. The molecule has 0 N–H and O–H groups in total. The first-order valence-corrected chi connectivity index (χ1v) is 23.2. The number of furan rings is 2. The van der Waals surface area contributed by atoms with Crippen LogP contribution in [0.4, 0.5) is 0 Å². The number of rotatable bonds is 5. The van der Waals surface area contributed by atoms with Crippen LogP contribution in [0.15, 0.2) is 227 Å². The quantitative estimate of drug-likeness (QED) is 0.161. The van der Waals surface area contributed by atoms with Crippen LogP contribution < -0.4 is 0 Å². The zero-order valence-corrected chi connectivity index (χ0v) is 37.1. The second kappa shape index (κ2) is 14.3. The van der Waals surface area contributed by atoms with Crippen molar-refractivity contribution in [3.8, 4) is 44.5 Å². The third-order valence-corrected chi connectivity index (χ3v) is 14.7. The van der Waals surface area contributed by atoms with Crippen molar-refractivity contribution >= 4 is 65.4 Å². The summed E-state index contributed by atoms with van der Waals surface area (Å²) in [5.74, 6) is 0. The predicted octanol–water partition coefficient (Wildman–Crippen LogP) is 17.8. The molecule has 0 amide bonds. The molecule has 0 unspecified atom stereocenters. The molecular formula is C65H42O2. The monoisotopic (exact) mass is 854 g/mol. The molecule has 0 saturated carbocycles. The van der Waals surface area contributed by atoms with Gasteiger partial charge in [-0.25, -0.2) is 0 Å². The maximum atomic E-state index is 6.77. The summed E-state index contributed by atoms with van der Waals surface area (Å²) >= 11 is 0. The highest BCUT2D eigenvalue weighted by atomic mass is 16.3. The first-order chi connectivity index (χ1) is 33.1. The molecule has 0 atom stereocenters. The summed E-state index contributed by atoms with van der Waals surface area (Å²) in [6, 6.07) is 80.6. The highest BCUT2D eigenvalue weighted by Gasteiger charge is 2.47. The van der Waals surface area contributed by atoms with E-state index < -0.39 is 5.41 Å². The molecule has 2 heterocycles. The van der Waals surface area contributed by atoms with Crippen LogP contribution in [0.25, 0.3) is 110 Å². The summed E-state index contributed by atoms with van der Waals surface area (Å²) in [6.07, 6.45) is 0. The van der Waals surface area contributed by atoms with Crippen molar-refractivity contribution in [3.63, 3.8) is 0 Å². The number of hydrogen-bond donors (Lipinski definition) is 0. The number of para-hydroxylation sites is 4. The molecule has 1 aliphatic rings. The minimum absolute atomic E-state index is 0.548. The minimum Gasteiger partial charge on any atom is -0.455 e. The lowest BCUT2D eigenvalue weighted by Crippen LogP contribution is -2.28. The highest BCUT2D eigenvalue weighted by Crippen LogP contribution is 2.59. The molecule has 0 fully saturated rings. The van der Waals surface area contributed by atoms with E-state index in [4.69, 9.17) is 8.83 Å². The fourth-order valence-electron chi connectivity index (χ4n) is 11.8. The molecule has 67 heavy (non-hydrogen) atoms. The van der Waals surface area contributed by atoms with E-state index in [1.54, 1.807) is 0 Å². The van der Waals surface area contributed by atoms with Crippen molar-refractivity contribution in [2.75, 3.05) is 0 Å². The van der Waals surface area contributed by atoms with Crippen LogP contribution in [0.2, 0.25) is 0 Å². The van der Waals surface area contributed by atoms with Gasteiger partial charge in [-0.1, -0.05) is 211 Å². The van der Waals surface area contributed by atoms with Crippen molar-refractivity contribution < 1.29 is 8.83 Å². The van der Waals surface area contributed by atoms with Gasteiger partial charge in [0.05, 0.1) is 5.41 Å². The summed E-state index contributed by atoms with van der Waals surface area (Å²) in [5, 5.41) is 9.17. The van der Waals surface area contributed by atoms with Crippen LogP contribution in [0.1, 0.15) is 33.4 Å². The van der Waals surface area contributed by atoms with E-state index in [2.05, 4.69) is 220 Å². The Kier molecular flexibility index (Phi) is 8.06. The Morgan fingerprint density at radius 2 is 0.687 bits per heavy atom. The zero-order chi connectivity index (χ0) is 44.4. The van der Waals surface area contributed by atoms with E-state index in [1.165, 1.54) is 66.4 Å². The van der Waals surface area contributed by atoms with Gasteiger partial charge in [0.2, 0.25) is 0 Å². The van der Waals surface area contributed by atoms with Gasteiger partial charge in [-0.15, -0.1) is 0 Å². The van der Waals surface area contributed by atoms with Crippen LogP contribution in [0.3, 0.4) is 0 Å². The summed E-state index contributed by atoms with van der Waals surface area (Å²) in [5.41, 5.74) is 20.0. The zero-order valence-electron chi connectivity index (χ0n) is 37.1. The number of benzene rings is 11. The smallest absolute Gasteiger partial charge is 0.143 e. The average molecular weight is 855 g/mol. The van der Waals surface area contributed by atoms with E-state index in [0.717, 1.165) is 76.9 Å². The lowest BCUT2D eigenvalue weighted by Gasteiger charge is -2.34. The lowest BCUT2D eigenvalue weighted by atomic mass is 9.67. The molecule has 0 aliphatic heterocycles. The van der Waals surface area contributed by atoms with Gasteiger partial charge in [0.15, 0.2) is 0 Å². The highest BCUT2D eigenvalue weighted by molar-refractivity contribution is 6.23. The first kappa shape index (κ1) is 37.9. The van der Waals surface area contributed by atoms with Crippen LogP contribution in [-0.4, -0.2) is 0 Å². The Morgan fingerprint density at radius 3 is 1.24 bits per heavy atom. The van der Waals surface area contributed by atoms with Gasteiger partial charge in [0.1, 0.15) is 22.3 Å². The van der Waals surface area contributed by atoms with Gasteiger partial charge in [0, 0.05) is 32.7 Å². The molecule has 0 bridgehead atoms. The van der Waals surface area contributed by atoms with Crippen molar-refractivity contribution in [3.05, 3.63) is 252 Å². The van der Waals surface area contributed by atoms with Gasteiger partial charge in [-0.3, -0.25) is 0 Å². The van der Waals surface area contributed by atoms with Crippen molar-refractivity contribution in [1.29, 1.82) is 0 Å². The van der Waals surface area contributed by atoms with E-state index in [0.29, 0.717) is 0 Å². The maximum absolute atomic E-state index is 6.77. The maximum Gasteiger partial charge on any atom is 0.143 e. The van der Waals surface area contributed by atoms with Crippen molar-refractivity contribution in [2.45, 2.75) is 19.3 Å². The molecule has 2 aromatic heterocycles. The van der Waals surface area contributed by atoms with Gasteiger partial charge in [-0.2, -0.15) is 0 Å². The topological polar surface area (TPSA) is 26.3 Å². The van der Waals surface area contributed by atoms with E-state index in [1.807, 2.05) is 12.1 Å². The second-order valence-electron chi connectivity index (χ2n) is 18.4.